The summed E-state index contributed by atoms with van der Waals surface area (Å²) in [6, 6.07) is 11.7. The number of nitrogens with zero attached hydrogens (tertiary/aromatic N) is 1. The Hall–Kier alpha value is -2.54. The van der Waals surface area contributed by atoms with Crippen LogP contribution in [0.4, 0.5) is 0 Å². The van der Waals surface area contributed by atoms with E-state index in [-0.39, 0.29) is 4.90 Å². The summed E-state index contributed by atoms with van der Waals surface area (Å²) in [6.45, 7) is 2.29. The largest absolute Gasteiger partial charge is 0.497 e. The molecule has 1 heterocycles. The van der Waals surface area contributed by atoms with Crippen LogP contribution in [-0.2, 0) is 14.4 Å². The maximum absolute atomic E-state index is 12.2. The fourth-order valence-electron chi connectivity index (χ4n) is 2.32. The van der Waals surface area contributed by atoms with Crippen LogP contribution in [-0.4, -0.2) is 27.8 Å². The molecule has 24 heavy (non-hydrogen) atoms. The monoisotopic (exact) mass is 347 g/mol. The highest BCUT2D eigenvalue weighted by Crippen LogP contribution is 2.29. The normalized spacial score (nSPS) is 15.5. The van der Waals surface area contributed by atoms with Gasteiger partial charge in [0, 0.05) is 12.0 Å². The fraction of sp³-hybridized carbons (Fsp3) is 0.235. The Morgan fingerprint density at radius 1 is 1.12 bits per heavy atom. The molecule has 0 saturated heterocycles. The molecular formula is C17H17NO5S. The van der Waals surface area contributed by atoms with E-state index in [2.05, 4.69) is 5.16 Å². The lowest BCUT2D eigenvalue weighted by Crippen LogP contribution is -2.17. The third-order valence-corrected chi connectivity index (χ3v) is 4.77. The third kappa shape index (κ3) is 3.35. The van der Waals surface area contributed by atoms with Crippen LogP contribution in [0.25, 0.3) is 0 Å². The van der Waals surface area contributed by atoms with E-state index in [9.17, 15) is 8.42 Å². The molecule has 0 saturated carbocycles. The van der Waals surface area contributed by atoms with Gasteiger partial charge in [-0.15, -0.1) is 0 Å². The van der Waals surface area contributed by atoms with E-state index in [1.165, 1.54) is 12.1 Å². The van der Waals surface area contributed by atoms with Crippen LogP contribution in [0.15, 0.2) is 52.5 Å². The zero-order chi connectivity index (χ0) is 17.2. The number of ether oxygens (including phenoxy) is 2. The van der Waals surface area contributed by atoms with Gasteiger partial charge in [0.25, 0.3) is 0 Å². The SMILES string of the molecule is COc1ccc2c(c1)/C(=N/OS(=O)(=O)c1ccc(C)cc1)CCO2. The lowest BCUT2D eigenvalue weighted by molar-refractivity contribution is 0.307. The molecule has 2 aromatic rings. The van der Waals surface area contributed by atoms with Crippen LogP contribution in [0.3, 0.4) is 0 Å². The van der Waals surface area contributed by atoms with E-state index in [4.69, 9.17) is 13.8 Å². The van der Waals surface area contributed by atoms with Crippen LogP contribution in [0.5, 0.6) is 11.5 Å². The molecule has 7 heteroatoms. The van der Waals surface area contributed by atoms with Gasteiger partial charge in [-0.1, -0.05) is 22.9 Å². The minimum absolute atomic E-state index is 0.0652. The molecule has 3 rings (SSSR count). The molecule has 1 aliphatic rings. The molecular weight excluding hydrogens is 330 g/mol. The number of methoxy groups -OCH3 is 1. The second kappa shape index (κ2) is 6.52. The van der Waals surface area contributed by atoms with Crippen molar-refractivity contribution in [2.24, 2.45) is 5.16 Å². The second-order valence-electron chi connectivity index (χ2n) is 5.34. The van der Waals surface area contributed by atoms with Crippen LogP contribution in [0.2, 0.25) is 0 Å². The van der Waals surface area contributed by atoms with Crippen molar-refractivity contribution in [1.82, 2.24) is 0 Å². The Kier molecular flexibility index (Phi) is 4.44. The second-order valence-corrected chi connectivity index (χ2v) is 6.87. The number of hydrogen-bond acceptors (Lipinski definition) is 6. The molecule has 0 bridgehead atoms. The van der Waals surface area contributed by atoms with Crippen molar-refractivity contribution >= 4 is 15.8 Å². The number of hydrogen-bond donors (Lipinski definition) is 0. The lowest BCUT2D eigenvalue weighted by atomic mass is 10.0. The summed E-state index contributed by atoms with van der Waals surface area (Å²) < 4.78 is 40.1. The maximum atomic E-state index is 12.2. The standard InChI is InChI=1S/C17H17NO5S/c1-12-3-6-14(7-4-12)24(19,20)23-18-16-9-10-22-17-8-5-13(21-2)11-15(16)17/h3-8,11H,9-10H2,1-2H3/b18-16+. The first-order chi connectivity index (χ1) is 11.5. The molecule has 0 fully saturated rings. The first-order valence-electron chi connectivity index (χ1n) is 7.38. The smallest absolute Gasteiger partial charge is 0.358 e. The predicted octanol–water partition coefficient (Wildman–Crippen LogP) is 2.90. The highest BCUT2D eigenvalue weighted by molar-refractivity contribution is 7.86. The molecule has 0 aromatic heterocycles. The van der Waals surface area contributed by atoms with Crippen LogP contribution in [0, 0.1) is 6.92 Å². The van der Waals surface area contributed by atoms with Gasteiger partial charge in [0.2, 0.25) is 0 Å². The van der Waals surface area contributed by atoms with Gasteiger partial charge in [-0.2, -0.15) is 8.42 Å². The van der Waals surface area contributed by atoms with Gasteiger partial charge in [-0.3, -0.25) is 4.28 Å². The molecule has 0 aliphatic carbocycles. The van der Waals surface area contributed by atoms with Gasteiger partial charge in [0.15, 0.2) is 0 Å². The van der Waals surface area contributed by atoms with Crippen LogP contribution >= 0.6 is 0 Å². The maximum Gasteiger partial charge on any atom is 0.358 e. The van der Waals surface area contributed by atoms with Crippen molar-refractivity contribution in [3.05, 3.63) is 53.6 Å². The summed E-state index contributed by atoms with van der Waals surface area (Å²) in [5.74, 6) is 1.26. The number of benzene rings is 2. The summed E-state index contributed by atoms with van der Waals surface area (Å²) in [5.41, 5.74) is 2.14. The molecule has 0 amide bonds. The Labute approximate surface area is 140 Å². The number of oxime groups is 1. The van der Waals surface area contributed by atoms with Crippen molar-refractivity contribution < 1.29 is 22.2 Å². The Bertz CT molecular complexity index is 872. The van der Waals surface area contributed by atoms with E-state index < -0.39 is 10.1 Å². The number of fused-ring (bicyclic) bond motifs is 1. The van der Waals surface area contributed by atoms with Gasteiger partial charge in [0.05, 0.1) is 19.4 Å². The van der Waals surface area contributed by atoms with Gasteiger partial charge in [-0.05, 0) is 37.3 Å². The molecule has 0 unspecified atom stereocenters. The van der Waals surface area contributed by atoms with Crippen LogP contribution < -0.4 is 9.47 Å². The first kappa shape index (κ1) is 16.3. The van der Waals surface area contributed by atoms with Gasteiger partial charge in [0.1, 0.15) is 16.4 Å². The topological polar surface area (TPSA) is 74.2 Å². The quantitative estimate of drug-likeness (QED) is 0.795. The first-order valence-corrected chi connectivity index (χ1v) is 8.79. The summed E-state index contributed by atoms with van der Waals surface area (Å²) in [6.07, 6.45) is 0.448. The zero-order valence-electron chi connectivity index (χ0n) is 13.4. The molecule has 2 aromatic carbocycles. The molecule has 1 aliphatic heterocycles. The van der Waals surface area contributed by atoms with E-state index in [0.29, 0.717) is 35.8 Å². The third-order valence-electron chi connectivity index (χ3n) is 3.65. The van der Waals surface area contributed by atoms with E-state index in [0.717, 1.165) is 5.56 Å². The molecule has 0 spiro atoms. The lowest BCUT2D eigenvalue weighted by Gasteiger charge is -2.19. The predicted molar refractivity (Wildman–Crippen MR) is 89.1 cm³/mol. The fourth-order valence-corrected chi connectivity index (χ4v) is 3.06. The van der Waals surface area contributed by atoms with Crippen molar-refractivity contribution in [3.8, 4) is 11.5 Å². The average Bonchev–Trinajstić information content (AvgIpc) is 2.60. The minimum atomic E-state index is -3.95. The highest BCUT2D eigenvalue weighted by atomic mass is 32.2. The van der Waals surface area contributed by atoms with E-state index in [1.807, 2.05) is 6.92 Å². The molecule has 0 atom stereocenters. The summed E-state index contributed by atoms with van der Waals surface area (Å²) in [7, 11) is -2.40. The van der Waals surface area contributed by atoms with E-state index >= 15 is 0 Å². The van der Waals surface area contributed by atoms with E-state index in [1.54, 1.807) is 37.4 Å². The molecule has 0 N–H and O–H groups in total. The average molecular weight is 347 g/mol. The Morgan fingerprint density at radius 2 is 1.88 bits per heavy atom. The van der Waals surface area contributed by atoms with Crippen molar-refractivity contribution in [2.75, 3.05) is 13.7 Å². The Morgan fingerprint density at radius 3 is 2.58 bits per heavy atom. The highest BCUT2D eigenvalue weighted by Gasteiger charge is 2.21. The summed E-state index contributed by atoms with van der Waals surface area (Å²) in [5, 5.41) is 3.86. The molecule has 0 radical (unpaired) electrons. The van der Waals surface area contributed by atoms with Crippen molar-refractivity contribution in [3.63, 3.8) is 0 Å². The summed E-state index contributed by atoms with van der Waals surface area (Å²) in [4.78, 5) is 0.0652. The summed E-state index contributed by atoms with van der Waals surface area (Å²) >= 11 is 0. The van der Waals surface area contributed by atoms with Crippen molar-refractivity contribution in [2.45, 2.75) is 18.2 Å². The van der Waals surface area contributed by atoms with Gasteiger partial charge >= 0.3 is 10.1 Å². The molecule has 126 valence electrons. The van der Waals surface area contributed by atoms with Crippen molar-refractivity contribution in [1.29, 1.82) is 0 Å². The van der Waals surface area contributed by atoms with Gasteiger partial charge in [-0.25, -0.2) is 0 Å². The van der Waals surface area contributed by atoms with Crippen LogP contribution in [0.1, 0.15) is 17.5 Å². The Balaban J connectivity index is 1.89. The zero-order valence-corrected chi connectivity index (χ0v) is 14.2. The minimum Gasteiger partial charge on any atom is -0.497 e. The number of aryl methyl sites for hydroxylation is 1. The number of rotatable bonds is 4. The van der Waals surface area contributed by atoms with Gasteiger partial charge < -0.3 is 9.47 Å². The molecule has 6 nitrogen and oxygen atoms in total.